The monoisotopic (exact) mass is 281 g/mol. The zero-order valence-corrected chi connectivity index (χ0v) is 11.6. The fourth-order valence-corrected chi connectivity index (χ4v) is 2.98. The van der Waals surface area contributed by atoms with Gasteiger partial charge in [-0.3, -0.25) is 4.79 Å². The molecule has 0 bridgehead atoms. The summed E-state index contributed by atoms with van der Waals surface area (Å²) in [6.45, 7) is -0.489. The molecule has 0 aromatic heterocycles. The van der Waals surface area contributed by atoms with Crippen LogP contribution in [0.4, 0.5) is 0 Å². The van der Waals surface area contributed by atoms with Crippen LogP contribution in [0.1, 0.15) is 17.5 Å². The molecule has 104 valence electrons. The van der Waals surface area contributed by atoms with Gasteiger partial charge in [0.25, 0.3) is 0 Å². The third-order valence-corrected chi connectivity index (χ3v) is 4.24. The number of hydrogen-bond donors (Lipinski definition) is 3. The molecule has 5 heteroatoms. The molecule has 19 heavy (non-hydrogen) atoms. The van der Waals surface area contributed by atoms with Crippen molar-refractivity contribution >= 4 is 17.7 Å². The van der Waals surface area contributed by atoms with E-state index >= 15 is 0 Å². The largest absolute Gasteiger partial charge is 0.394 e. The highest BCUT2D eigenvalue weighted by atomic mass is 32.2. The fourth-order valence-electron chi connectivity index (χ4n) is 2.21. The highest BCUT2D eigenvalue weighted by molar-refractivity contribution is 8.00. The van der Waals surface area contributed by atoms with Crippen LogP contribution < -0.4 is 5.32 Å². The summed E-state index contributed by atoms with van der Waals surface area (Å²) >= 11 is 1.48. The van der Waals surface area contributed by atoms with Gasteiger partial charge >= 0.3 is 0 Å². The fraction of sp³-hybridized carbons (Fsp3) is 0.500. The minimum atomic E-state index is -0.562. The molecule has 1 aromatic carbocycles. The number of benzene rings is 1. The van der Waals surface area contributed by atoms with E-state index in [0.717, 1.165) is 17.7 Å². The van der Waals surface area contributed by atoms with Crippen LogP contribution in [0.2, 0.25) is 0 Å². The lowest BCUT2D eigenvalue weighted by atomic mass is 10.1. The summed E-state index contributed by atoms with van der Waals surface area (Å²) in [7, 11) is 0. The Kier molecular flexibility index (Phi) is 5.24. The second-order valence-corrected chi connectivity index (χ2v) is 5.75. The van der Waals surface area contributed by atoms with Gasteiger partial charge in [0.1, 0.15) is 0 Å². The Labute approximate surface area is 117 Å². The summed E-state index contributed by atoms with van der Waals surface area (Å²) in [6.07, 6.45) is 3.51. The molecular weight excluding hydrogens is 262 g/mol. The Balaban J connectivity index is 1.83. The Morgan fingerprint density at radius 1 is 1.26 bits per heavy atom. The number of carbonyl (C=O) groups excluding carboxylic acids is 1. The van der Waals surface area contributed by atoms with Gasteiger partial charge in [0.2, 0.25) is 5.91 Å². The first-order chi connectivity index (χ1) is 9.22. The van der Waals surface area contributed by atoms with Gasteiger partial charge in [0, 0.05) is 4.90 Å². The van der Waals surface area contributed by atoms with Crippen molar-refractivity contribution in [3.8, 4) is 0 Å². The number of aliphatic hydroxyl groups excluding tert-OH is 2. The van der Waals surface area contributed by atoms with Gasteiger partial charge in [0.15, 0.2) is 0 Å². The smallest absolute Gasteiger partial charge is 0.230 e. The van der Waals surface area contributed by atoms with Crippen molar-refractivity contribution in [3.05, 3.63) is 29.3 Å². The maximum Gasteiger partial charge on any atom is 0.230 e. The van der Waals surface area contributed by atoms with E-state index in [1.807, 2.05) is 0 Å². The lowest BCUT2D eigenvalue weighted by Crippen LogP contribution is -2.40. The molecule has 1 aliphatic carbocycles. The lowest BCUT2D eigenvalue weighted by molar-refractivity contribution is -0.119. The molecule has 0 atom stereocenters. The van der Waals surface area contributed by atoms with Crippen molar-refractivity contribution in [2.45, 2.75) is 30.2 Å². The van der Waals surface area contributed by atoms with Crippen LogP contribution in [-0.4, -0.2) is 41.1 Å². The molecular formula is C14H19NO3S. The topological polar surface area (TPSA) is 69.6 Å². The zero-order valence-electron chi connectivity index (χ0n) is 10.8. The highest BCUT2D eigenvalue weighted by Gasteiger charge is 2.13. The average molecular weight is 281 g/mol. The number of thioether (sulfide) groups is 1. The minimum absolute atomic E-state index is 0.168. The van der Waals surface area contributed by atoms with E-state index in [1.54, 1.807) is 0 Å². The first-order valence-corrected chi connectivity index (χ1v) is 7.47. The number of aliphatic hydroxyl groups is 2. The Hall–Kier alpha value is -1.04. The number of hydrogen-bond acceptors (Lipinski definition) is 4. The normalized spacial score (nSPS) is 13.6. The van der Waals surface area contributed by atoms with Crippen molar-refractivity contribution in [1.29, 1.82) is 0 Å². The van der Waals surface area contributed by atoms with Gasteiger partial charge in [0.05, 0.1) is 25.0 Å². The number of aryl methyl sites for hydroxylation is 2. The number of rotatable bonds is 6. The van der Waals surface area contributed by atoms with Crippen molar-refractivity contribution in [2.75, 3.05) is 19.0 Å². The number of carbonyl (C=O) groups is 1. The number of amides is 1. The molecule has 0 fully saturated rings. The predicted molar refractivity (Wildman–Crippen MR) is 75.3 cm³/mol. The molecule has 4 nitrogen and oxygen atoms in total. The number of nitrogens with one attached hydrogen (secondary N) is 1. The summed E-state index contributed by atoms with van der Waals surface area (Å²) < 4.78 is 0. The van der Waals surface area contributed by atoms with E-state index in [-0.39, 0.29) is 19.1 Å². The summed E-state index contributed by atoms with van der Waals surface area (Å²) in [6, 6.07) is 5.80. The summed E-state index contributed by atoms with van der Waals surface area (Å²) in [5.74, 6) is 0.133. The second kappa shape index (κ2) is 6.93. The van der Waals surface area contributed by atoms with Crippen LogP contribution in [-0.2, 0) is 17.6 Å². The van der Waals surface area contributed by atoms with E-state index in [9.17, 15) is 4.79 Å². The number of fused-ring (bicyclic) bond motifs is 1. The van der Waals surface area contributed by atoms with Gasteiger partial charge in [-0.25, -0.2) is 0 Å². The molecule has 0 saturated heterocycles. The quantitative estimate of drug-likeness (QED) is 0.673. The van der Waals surface area contributed by atoms with Crippen molar-refractivity contribution in [1.82, 2.24) is 5.32 Å². The van der Waals surface area contributed by atoms with Gasteiger partial charge < -0.3 is 15.5 Å². The van der Waals surface area contributed by atoms with Crippen molar-refractivity contribution in [2.24, 2.45) is 0 Å². The Morgan fingerprint density at radius 3 is 2.74 bits per heavy atom. The average Bonchev–Trinajstić information content (AvgIpc) is 2.89. The minimum Gasteiger partial charge on any atom is -0.394 e. The van der Waals surface area contributed by atoms with E-state index in [2.05, 4.69) is 23.5 Å². The maximum absolute atomic E-state index is 11.6. The van der Waals surface area contributed by atoms with E-state index < -0.39 is 6.04 Å². The molecule has 1 aromatic rings. The summed E-state index contributed by atoms with van der Waals surface area (Å²) in [5, 5.41) is 20.3. The van der Waals surface area contributed by atoms with Crippen LogP contribution in [0.15, 0.2) is 23.1 Å². The van der Waals surface area contributed by atoms with E-state index in [4.69, 9.17) is 10.2 Å². The van der Waals surface area contributed by atoms with Crippen molar-refractivity contribution < 1.29 is 15.0 Å². The SMILES string of the molecule is O=C(CSc1ccc2c(c1)CCC2)NC(CO)CO. The second-order valence-electron chi connectivity index (χ2n) is 4.70. The molecule has 2 rings (SSSR count). The predicted octanol–water partition coefficient (Wildman–Crippen LogP) is 0.737. The van der Waals surface area contributed by atoms with E-state index in [1.165, 1.54) is 29.3 Å². The van der Waals surface area contributed by atoms with Gasteiger partial charge in [-0.15, -0.1) is 11.8 Å². The molecule has 1 amide bonds. The van der Waals surface area contributed by atoms with Gasteiger partial charge in [-0.1, -0.05) is 6.07 Å². The lowest BCUT2D eigenvalue weighted by Gasteiger charge is -2.13. The summed E-state index contributed by atoms with van der Waals surface area (Å²) in [5.41, 5.74) is 2.82. The molecule has 1 aliphatic rings. The van der Waals surface area contributed by atoms with Crippen LogP contribution in [0, 0.1) is 0 Å². The maximum atomic E-state index is 11.6. The van der Waals surface area contributed by atoms with Crippen LogP contribution in [0.25, 0.3) is 0 Å². The molecule has 0 radical (unpaired) electrons. The van der Waals surface area contributed by atoms with Gasteiger partial charge in [-0.2, -0.15) is 0 Å². The first kappa shape index (κ1) is 14.4. The zero-order chi connectivity index (χ0) is 13.7. The van der Waals surface area contributed by atoms with Crippen molar-refractivity contribution in [3.63, 3.8) is 0 Å². The highest BCUT2D eigenvalue weighted by Crippen LogP contribution is 2.27. The third kappa shape index (κ3) is 3.96. The third-order valence-electron chi connectivity index (χ3n) is 3.25. The van der Waals surface area contributed by atoms with Gasteiger partial charge in [-0.05, 0) is 42.5 Å². The molecule has 3 N–H and O–H groups in total. The van der Waals surface area contributed by atoms with Crippen LogP contribution >= 0.6 is 11.8 Å². The first-order valence-electron chi connectivity index (χ1n) is 6.48. The molecule has 0 heterocycles. The standard InChI is InChI=1S/C14H19NO3S/c16-7-12(8-17)15-14(18)9-19-13-5-4-10-2-1-3-11(10)6-13/h4-6,12,16-17H,1-3,7-9H2,(H,15,18). The molecule has 0 saturated carbocycles. The molecule has 0 aliphatic heterocycles. The summed E-state index contributed by atoms with van der Waals surface area (Å²) in [4.78, 5) is 12.7. The molecule has 0 unspecified atom stereocenters. The van der Waals surface area contributed by atoms with E-state index in [0.29, 0.717) is 5.75 Å². The Morgan fingerprint density at radius 2 is 2.00 bits per heavy atom. The van der Waals surface area contributed by atoms with Crippen LogP contribution in [0.3, 0.4) is 0 Å². The Bertz CT molecular complexity index is 446. The molecule has 0 spiro atoms. The van der Waals surface area contributed by atoms with Crippen LogP contribution in [0.5, 0.6) is 0 Å².